The second kappa shape index (κ2) is 9.39. The predicted octanol–water partition coefficient (Wildman–Crippen LogP) is 0.496. The summed E-state index contributed by atoms with van der Waals surface area (Å²) < 4.78 is 10.7. The van der Waals surface area contributed by atoms with Gasteiger partial charge in [0, 0.05) is 0 Å². The molecule has 0 spiro atoms. The molecule has 0 aromatic carbocycles. The molecule has 0 saturated carbocycles. The summed E-state index contributed by atoms with van der Waals surface area (Å²) in [5.41, 5.74) is 2.44. The molecule has 0 amide bonds. The fraction of sp³-hybridized carbons (Fsp3) is 0.750. The highest BCUT2D eigenvalue weighted by atomic mass is 16.7. The topological polar surface area (TPSA) is 99.4 Å². The van der Waals surface area contributed by atoms with Gasteiger partial charge < -0.3 is 29.9 Å². The van der Waals surface area contributed by atoms with Crippen LogP contribution >= 0.6 is 0 Å². The van der Waals surface area contributed by atoms with Gasteiger partial charge in [0.1, 0.15) is 24.4 Å². The molecule has 128 valence electrons. The van der Waals surface area contributed by atoms with Gasteiger partial charge in [-0.3, -0.25) is 0 Å². The average molecular weight is 316 g/mol. The number of ether oxygens (including phenoxy) is 2. The van der Waals surface area contributed by atoms with Crippen molar-refractivity contribution in [1.29, 1.82) is 0 Å². The Morgan fingerprint density at radius 2 is 1.73 bits per heavy atom. The predicted molar refractivity (Wildman–Crippen MR) is 82.1 cm³/mol. The normalized spacial score (nSPS) is 32.9. The molecule has 0 aromatic rings. The third-order valence-corrected chi connectivity index (χ3v) is 3.63. The van der Waals surface area contributed by atoms with Crippen LogP contribution in [0.2, 0.25) is 0 Å². The number of hydrogen-bond acceptors (Lipinski definition) is 6. The van der Waals surface area contributed by atoms with Crippen molar-refractivity contribution in [3.63, 3.8) is 0 Å². The summed E-state index contributed by atoms with van der Waals surface area (Å²) in [6.07, 6.45) is -0.190. The first-order valence-corrected chi connectivity index (χ1v) is 7.58. The van der Waals surface area contributed by atoms with E-state index >= 15 is 0 Å². The van der Waals surface area contributed by atoms with Crippen LogP contribution in [-0.2, 0) is 9.47 Å². The molecular formula is C16H28O6. The summed E-state index contributed by atoms with van der Waals surface area (Å²) in [5.74, 6) is 0. The zero-order chi connectivity index (χ0) is 16.7. The van der Waals surface area contributed by atoms with Gasteiger partial charge in [-0.2, -0.15) is 0 Å². The standard InChI is InChI=1S/C16H28O6/c1-10(2)5-4-6-11(3)7-8-21-16-15(20)14(19)13(18)12(9-17)22-16/h5,7,12-20H,4,6,8-9H2,1-3H3/t12-,13-,14+,15-,16+/m1/s1. The molecule has 0 aliphatic carbocycles. The van der Waals surface area contributed by atoms with Gasteiger partial charge in [-0.25, -0.2) is 0 Å². The minimum atomic E-state index is -1.40. The molecule has 0 radical (unpaired) electrons. The van der Waals surface area contributed by atoms with Crippen molar-refractivity contribution in [1.82, 2.24) is 0 Å². The molecule has 1 heterocycles. The van der Waals surface area contributed by atoms with E-state index in [2.05, 4.69) is 19.9 Å². The SMILES string of the molecule is CC(C)=CCCC(C)=CCO[C@H]1O[C@H](CO)[C@@H](O)[C@H](O)[C@H]1O. The molecule has 1 rings (SSSR count). The number of allylic oxidation sites excluding steroid dienone is 3. The molecule has 22 heavy (non-hydrogen) atoms. The number of aliphatic hydroxyl groups excluding tert-OH is 4. The molecular weight excluding hydrogens is 288 g/mol. The summed E-state index contributed by atoms with van der Waals surface area (Å²) in [7, 11) is 0. The molecule has 1 aliphatic heterocycles. The van der Waals surface area contributed by atoms with E-state index in [0.29, 0.717) is 0 Å². The monoisotopic (exact) mass is 316 g/mol. The minimum Gasteiger partial charge on any atom is -0.394 e. The Morgan fingerprint density at radius 1 is 1.05 bits per heavy atom. The summed E-state index contributed by atoms with van der Waals surface area (Å²) in [4.78, 5) is 0. The van der Waals surface area contributed by atoms with E-state index in [1.807, 2.05) is 13.0 Å². The van der Waals surface area contributed by atoms with Gasteiger partial charge in [-0.05, 0) is 33.6 Å². The van der Waals surface area contributed by atoms with Crippen LogP contribution in [0.3, 0.4) is 0 Å². The first-order chi connectivity index (χ1) is 10.4. The Bertz CT molecular complexity index is 386. The summed E-state index contributed by atoms with van der Waals surface area (Å²) in [6, 6.07) is 0. The first-order valence-electron chi connectivity index (χ1n) is 7.58. The van der Waals surface area contributed by atoms with E-state index in [1.54, 1.807) is 0 Å². The van der Waals surface area contributed by atoms with Crippen LogP contribution in [0.1, 0.15) is 33.6 Å². The van der Waals surface area contributed by atoms with E-state index in [1.165, 1.54) is 5.57 Å². The van der Waals surface area contributed by atoms with Gasteiger partial charge in [-0.15, -0.1) is 0 Å². The zero-order valence-electron chi connectivity index (χ0n) is 13.5. The third kappa shape index (κ3) is 5.79. The van der Waals surface area contributed by atoms with Gasteiger partial charge in [-0.1, -0.05) is 23.3 Å². The zero-order valence-corrected chi connectivity index (χ0v) is 13.5. The molecule has 1 fully saturated rings. The molecule has 5 atom stereocenters. The number of rotatable bonds is 7. The van der Waals surface area contributed by atoms with Crippen molar-refractivity contribution in [2.45, 2.75) is 64.3 Å². The fourth-order valence-corrected chi connectivity index (χ4v) is 2.18. The molecule has 4 N–H and O–H groups in total. The molecule has 1 saturated heterocycles. The van der Waals surface area contributed by atoms with Crippen LogP contribution in [-0.4, -0.2) is 64.3 Å². The largest absolute Gasteiger partial charge is 0.394 e. The number of aliphatic hydroxyl groups is 4. The molecule has 0 aromatic heterocycles. The smallest absolute Gasteiger partial charge is 0.187 e. The van der Waals surface area contributed by atoms with E-state index in [-0.39, 0.29) is 6.61 Å². The lowest BCUT2D eigenvalue weighted by Gasteiger charge is -2.39. The molecule has 6 nitrogen and oxygen atoms in total. The highest BCUT2D eigenvalue weighted by Gasteiger charge is 2.43. The first kappa shape index (κ1) is 19.3. The summed E-state index contributed by atoms with van der Waals surface area (Å²) in [5, 5.41) is 38.2. The Morgan fingerprint density at radius 3 is 2.32 bits per heavy atom. The van der Waals surface area contributed by atoms with E-state index in [9.17, 15) is 15.3 Å². The maximum Gasteiger partial charge on any atom is 0.187 e. The second-order valence-electron chi connectivity index (χ2n) is 5.90. The lowest BCUT2D eigenvalue weighted by Crippen LogP contribution is -2.59. The highest BCUT2D eigenvalue weighted by Crippen LogP contribution is 2.22. The lowest BCUT2D eigenvalue weighted by atomic mass is 9.99. The Hall–Kier alpha value is -0.760. The quantitative estimate of drug-likeness (QED) is 0.510. The maximum absolute atomic E-state index is 9.82. The summed E-state index contributed by atoms with van der Waals surface area (Å²) in [6.45, 7) is 5.88. The molecule has 0 unspecified atom stereocenters. The van der Waals surface area contributed by atoms with E-state index in [4.69, 9.17) is 14.6 Å². The van der Waals surface area contributed by atoms with Gasteiger partial charge in [0.05, 0.1) is 13.2 Å². The van der Waals surface area contributed by atoms with Gasteiger partial charge in [0.2, 0.25) is 0 Å². The molecule has 0 bridgehead atoms. The van der Waals surface area contributed by atoms with Gasteiger partial charge >= 0.3 is 0 Å². The van der Waals surface area contributed by atoms with Gasteiger partial charge in [0.25, 0.3) is 0 Å². The van der Waals surface area contributed by atoms with Crippen molar-refractivity contribution in [2.75, 3.05) is 13.2 Å². The maximum atomic E-state index is 9.82. The van der Waals surface area contributed by atoms with Crippen molar-refractivity contribution in [2.24, 2.45) is 0 Å². The van der Waals surface area contributed by atoms with Crippen LogP contribution in [0.15, 0.2) is 23.3 Å². The highest BCUT2D eigenvalue weighted by molar-refractivity contribution is 5.02. The Kier molecular flexibility index (Phi) is 8.24. The van der Waals surface area contributed by atoms with Crippen LogP contribution in [0.25, 0.3) is 0 Å². The Balaban J connectivity index is 2.44. The average Bonchev–Trinajstić information content (AvgIpc) is 2.47. The molecule has 1 aliphatic rings. The van der Waals surface area contributed by atoms with Crippen molar-refractivity contribution in [3.8, 4) is 0 Å². The number of hydrogen-bond donors (Lipinski definition) is 4. The van der Waals surface area contributed by atoms with Crippen LogP contribution in [0.4, 0.5) is 0 Å². The third-order valence-electron chi connectivity index (χ3n) is 3.63. The lowest BCUT2D eigenvalue weighted by molar-refractivity contribution is -0.298. The van der Waals surface area contributed by atoms with Gasteiger partial charge in [0.15, 0.2) is 6.29 Å². The van der Waals surface area contributed by atoms with Crippen molar-refractivity contribution < 1.29 is 29.9 Å². The Labute approximate surface area is 131 Å². The van der Waals surface area contributed by atoms with Crippen molar-refractivity contribution >= 4 is 0 Å². The fourth-order valence-electron chi connectivity index (χ4n) is 2.18. The second-order valence-corrected chi connectivity index (χ2v) is 5.90. The van der Waals surface area contributed by atoms with Crippen LogP contribution in [0, 0.1) is 0 Å². The van der Waals surface area contributed by atoms with E-state index < -0.39 is 37.3 Å². The summed E-state index contributed by atoms with van der Waals surface area (Å²) >= 11 is 0. The van der Waals surface area contributed by atoms with Crippen LogP contribution < -0.4 is 0 Å². The van der Waals surface area contributed by atoms with E-state index in [0.717, 1.165) is 18.4 Å². The molecule has 6 heteroatoms. The van der Waals surface area contributed by atoms with Crippen molar-refractivity contribution in [3.05, 3.63) is 23.3 Å². The van der Waals surface area contributed by atoms with Crippen LogP contribution in [0.5, 0.6) is 0 Å². The minimum absolute atomic E-state index is 0.226.